The maximum Gasteiger partial charge on any atom is 0.341 e. The Bertz CT molecular complexity index is 863. The third-order valence-electron chi connectivity index (χ3n) is 3.38. The monoisotopic (exact) mass is 317 g/mol. The molecule has 1 aromatic rings. The summed E-state index contributed by atoms with van der Waals surface area (Å²) in [5, 5.41) is 13.3. The smallest absolute Gasteiger partial charge is 0.341 e. The fourth-order valence-corrected chi connectivity index (χ4v) is 2.23. The zero-order chi connectivity index (χ0) is 16.4. The van der Waals surface area contributed by atoms with E-state index in [9.17, 15) is 9.59 Å². The first kappa shape index (κ1) is 14.8. The van der Waals surface area contributed by atoms with E-state index in [2.05, 4.69) is 25.6 Å². The van der Waals surface area contributed by atoms with Crippen LogP contribution in [0, 0.1) is 0 Å². The van der Waals surface area contributed by atoms with E-state index in [0.717, 1.165) is 0 Å². The van der Waals surface area contributed by atoms with Crippen LogP contribution >= 0.6 is 0 Å². The topological polar surface area (TPSA) is 120 Å². The number of H-pyrrole nitrogens is 1. The van der Waals surface area contributed by atoms with Crippen molar-refractivity contribution in [2.45, 2.75) is 6.54 Å². The molecule has 1 aromatic heterocycles. The molecule has 0 spiro atoms. The highest BCUT2D eigenvalue weighted by molar-refractivity contribution is 5.95. The molecule has 0 aromatic carbocycles. The molecule has 10 heteroatoms. The molecule has 0 aliphatic carbocycles. The van der Waals surface area contributed by atoms with Gasteiger partial charge in [-0.2, -0.15) is 15.2 Å². The van der Waals surface area contributed by atoms with Crippen LogP contribution in [0.2, 0.25) is 0 Å². The number of aromatic nitrogens is 6. The van der Waals surface area contributed by atoms with Crippen LogP contribution in [-0.2, 0) is 18.3 Å². The highest BCUT2D eigenvalue weighted by atomic mass is 16.5. The molecule has 0 bridgehead atoms. The summed E-state index contributed by atoms with van der Waals surface area (Å²) in [5.41, 5.74) is 0.536. The van der Waals surface area contributed by atoms with Crippen LogP contribution in [0.4, 0.5) is 5.95 Å². The molecule has 3 rings (SSSR count). The summed E-state index contributed by atoms with van der Waals surface area (Å²) in [6.07, 6.45) is 4.70. The molecule has 0 atom stereocenters. The Hall–Kier alpha value is -3.17. The van der Waals surface area contributed by atoms with Gasteiger partial charge in [0.2, 0.25) is 5.95 Å². The fourth-order valence-electron chi connectivity index (χ4n) is 2.23. The van der Waals surface area contributed by atoms with Gasteiger partial charge in [-0.25, -0.2) is 14.6 Å². The van der Waals surface area contributed by atoms with Crippen LogP contribution in [0.15, 0.2) is 23.5 Å². The van der Waals surface area contributed by atoms with Crippen LogP contribution in [0.3, 0.4) is 0 Å². The molecule has 2 N–H and O–H groups in total. The molecule has 23 heavy (non-hydrogen) atoms. The van der Waals surface area contributed by atoms with Gasteiger partial charge in [0.05, 0.1) is 12.7 Å². The second kappa shape index (κ2) is 5.91. The third-order valence-corrected chi connectivity index (χ3v) is 3.38. The molecular formula is C13H15N7O3. The summed E-state index contributed by atoms with van der Waals surface area (Å²) in [4.78, 5) is 27.7. The second-order valence-electron chi connectivity index (χ2n) is 4.85. The van der Waals surface area contributed by atoms with Crippen LogP contribution in [0.5, 0.6) is 0 Å². The van der Waals surface area contributed by atoms with Crippen LogP contribution in [0.1, 0.15) is 10.4 Å². The Balaban J connectivity index is 1.84. The number of nitrogens with zero attached hydrogens (tertiary/aromatic N) is 5. The first-order chi connectivity index (χ1) is 11.1. The Morgan fingerprint density at radius 3 is 2.96 bits per heavy atom. The van der Waals surface area contributed by atoms with Crippen LogP contribution in [0.25, 0.3) is 11.3 Å². The van der Waals surface area contributed by atoms with Gasteiger partial charge in [0.15, 0.2) is 0 Å². The van der Waals surface area contributed by atoms with E-state index in [0.29, 0.717) is 30.3 Å². The van der Waals surface area contributed by atoms with Crippen molar-refractivity contribution < 1.29 is 9.53 Å². The summed E-state index contributed by atoms with van der Waals surface area (Å²) in [5.74, 6) is 0.0878. The molecule has 2 aliphatic rings. The van der Waals surface area contributed by atoms with Crippen molar-refractivity contribution in [2.24, 2.45) is 7.05 Å². The highest BCUT2D eigenvalue weighted by Gasteiger charge is 2.21. The number of hydrogen-bond acceptors (Lipinski definition) is 7. The fraction of sp³-hybridized carbons (Fsp3) is 0.308. The molecule has 0 amide bonds. The molecule has 3 heterocycles. The number of carbonyl (C=O) groups excluding carboxylic acids is 1. The van der Waals surface area contributed by atoms with Gasteiger partial charge in [-0.15, -0.1) is 0 Å². The Morgan fingerprint density at radius 1 is 1.43 bits per heavy atom. The lowest BCUT2D eigenvalue weighted by molar-refractivity contribution is 0.0600. The van der Waals surface area contributed by atoms with Gasteiger partial charge in [0.25, 0.3) is 5.56 Å². The lowest BCUT2D eigenvalue weighted by Crippen LogP contribution is -2.17. The largest absolute Gasteiger partial charge is 0.465 e. The molecule has 0 radical (unpaired) electrons. The van der Waals surface area contributed by atoms with Gasteiger partial charge in [-0.05, 0) is 0 Å². The Morgan fingerprint density at radius 2 is 2.26 bits per heavy atom. The molecule has 2 aliphatic heterocycles. The van der Waals surface area contributed by atoms with Gasteiger partial charge in [0, 0.05) is 32.5 Å². The van der Waals surface area contributed by atoms with E-state index >= 15 is 0 Å². The van der Waals surface area contributed by atoms with Gasteiger partial charge in [0.1, 0.15) is 17.6 Å². The standard InChI is InChI=1S/C13H15N7O3/c1-19-13(15-7-16-19)14-3-4-20-5-8-10(17-18-11(8)21)9(6-20)12(22)23-2/h5-7H,3-4H2,1-2H3,(H,18,21)(H,14,15,16). The zero-order valence-electron chi connectivity index (χ0n) is 12.6. The number of hydrogen-bond donors (Lipinski definition) is 2. The van der Waals surface area contributed by atoms with E-state index in [4.69, 9.17) is 4.74 Å². The average molecular weight is 317 g/mol. The quantitative estimate of drug-likeness (QED) is 0.620. The summed E-state index contributed by atoms with van der Waals surface area (Å²) in [6.45, 7) is 1.05. The van der Waals surface area contributed by atoms with E-state index in [1.54, 1.807) is 28.7 Å². The van der Waals surface area contributed by atoms with Crippen molar-refractivity contribution in [1.82, 2.24) is 29.5 Å². The molecule has 0 fully saturated rings. The van der Waals surface area contributed by atoms with E-state index in [1.807, 2.05) is 0 Å². The summed E-state index contributed by atoms with van der Waals surface area (Å²) < 4.78 is 8.08. The minimum Gasteiger partial charge on any atom is -0.465 e. The maximum absolute atomic E-state index is 11.9. The number of aryl methyl sites for hydroxylation is 1. The summed E-state index contributed by atoms with van der Waals surface area (Å²) in [6, 6.07) is 0. The average Bonchev–Trinajstić information content (AvgIpc) is 3.13. The SMILES string of the molecule is COC(=O)c1cn(CCNc2ncnn2C)cc2c(=O)[nH]nc1-2. The number of rotatable bonds is 5. The van der Waals surface area contributed by atoms with Gasteiger partial charge in [-0.3, -0.25) is 4.79 Å². The Labute approximate surface area is 130 Å². The molecule has 10 nitrogen and oxygen atoms in total. The normalized spacial score (nSPS) is 10.9. The van der Waals surface area contributed by atoms with Crippen molar-refractivity contribution in [1.29, 1.82) is 0 Å². The number of aromatic amines is 1. The predicted molar refractivity (Wildman–Crippen MR) is 80.3 cm³/mol. The molecule has 0 saturated heterocycles. The van der Waals surface area contributed by atoms with Crippen molar-refractivity contribution in [2.75, 3.05) is 19.0 Å². The van der Waals surface area contributed by atoms with Gasteiger partial charge >= 0.3 is 5.97 Å². The second-order valence-corrected chi connectivity index (χ2v) is 4.85. The number of ether oxygens (including phenoxy) is 1. The molecule has 0 unspecified atom stereocenters. The number of fused-ring (bicyclic) bond motifs is 1. The number of methoxy groups -OCH3 is 1. The number of anilines is 1. The van der Waals surface area contributed by atoms with Gasteiger partial charge < -0.3 is 14.6 Å². The van der Waals surface area contributed by atoms with E-state index < -0.39 is 5.97 Å². The zero-order valence-corrected chi connectivity index (χ0v) is 12.6. The lowest BCUT2D eigenvalue weighted by atomic mass is 10.1. The highest BCUT2D eigenvalue weighted by Crippen LogP contribution is 2.20. The Kier molecular flexibility index (Phi) is 3.79. The lowest BCUT2D eigenvalue weighted by Gasteiger charge is -2.12. The number of esters is 1. The minimum absolute atomic E-state index is 0.238. The first-order valence-electron chi connectivity index (χ1n) is 6.84. The van der Waals surface area contributed by atoms with E-state index in [-0.39, 0.29) is 11.1 Å². The number of pyridine rings is 1. The minimum atomic E-state index is -0.544. The van der Waals surface area contributed by atoms with Gasteiger partial charge in [-0.1, -0.05) is 0 Å². The van der Waals surface area contributed by atoms with Crippen molar-refractivity contribution in [3.63, 3.8) is 0 Å². The maximum atomic E-state index is 11.9. The summed E-state index contributed by atoms with van der Waals surface area (Å²) in [7, 11) is 3.06. The van der Waals surface area contributed by atoms with Crippen LogP contribution in [-0.4, -0.2) is 49.2 Å². The number of nitrogens with one attached hydrogen (secondary N) is 2. The first-order valence-corrected chi connectivity index (χ1v) is 6.84. The predicted octanol–water partition coefficient (Wildman–Crippen LogP) is -0.297. The van der Waals surface area contributed by atoms with Crippen molar-refractivity contribution in [3.05, 3.63) is 34.6 Å². The van der Waals surface area contributed by atoms with Crippen molar-refractivity contribution in [3.8, 4) is 11.3 Å². The third kappa shape index (κ3) is 2.78. The summed E-state index contributed by atoms with van der Waals surface area (Å²) >= 11 is 0. The number of carbonyl (C=O) groups is 1. The molecule has 120 valence electrons. The van der Waals surface area contributed by atoms with E-state index in [1.165, 1.54) is 13.4 Å². The molecule has 0 saturated carbocycles. The van der Waals surface area contributed by atoms with Crippen molar-refractivity contribution >= 4 is 11.9 Å². The van der Waals surface area contributed by atoms with Crippen LogP contribution < -0.4 is 10.9 Å². The molecular weight excluding hydrogens is 302 g/mol.